The standard InChI is InChI=1S/C19H21N3/c1-14-9-11-15(12-10-14)18-21-17-8-5-13-20-19(17)22(18)16-6-3-2-4-7-16/h5,8-13,16H,2-4,6-7H2,1H3. The molecule has 0 amide bonds. The van der Waals surface area contributed by atoms with Crippen molar-refractivity contribution in [2.45, 2.75) is 45.1 Å². The van der Waals surface area contributed by atoms with Gasteiger partial charge in [0.1, 0.15) is 11.3 Å². The van der Waals surface area contributed by atoms with Crippen LogP contribution in [0.4, 0.5) is 0 Å². The molecule has 4 rings (SSSR count). The summed E-state index contributed by atoms with van der Waals surface area (Å²) in [5.74, 6) is 1.07. The summed E-state index contributed by atoms with van der Waals surface area (Å²) < 4.78 is 2.39. The maximum Gasteiger partial charge on any atom is 0.160 e. The number of pyridine rings is 1. The van der Waals surface area contributed by atoms with Gasteiger partial charge in [0.25, 0.3) is 0 Å². The van der Waals surface area contributed by atoms with Gasteiger partial charge in [-0.2, -0.15) is 0 Å². The van der Waals surface area contributed by atoms with Crippen LogP contribution in [0, 0.1) is 6.92 Å². The molecule has 0 spiro atoms. The van der Waals surface area contributed by atoms with E-state index in [0.717, 1.165) is 17.0 Å². The molecule has 112 valence electrons. The number of hydrogen-bond donors (Lipinski definition) is 0. The maximum absolute atomic E-state index is 4.89. The first-order valence-electron chi connectivity index (χ1n) is 8.23. The van der Waals surface area contributed by atoms with Gasteiger partial charge < -0.3 is 4.57 Å². The van der Waals surface area contributed by atoms with Crippen LogP contribution in [-0.2, 0) is 0 Å². The lowest BCUT2D eigenvalue weighted by Gasteiger charge is -2.25. The Balaban J connectivity index is 1.90. The lowest BCUT2D eigenvalue weighted by atomic mass is 9.95. The molecular weight excluding hydrogens is 270 g/mol. The Morgan fingerprint density at radius 3 is 2.55 bits per heavy atom. The summed E-state index contributed by atoms with van der Waals surface area (Å²) in [6, 6.07) is 13.2. The number of aromatic nitrogens is 3. The second kappa shape index (κ2) is 5.56. The molecular formula is C19H21N3. The van der Waals surface area contributed by atoms with Gasteiger partial charge in [0.2, 0.25) is 0 Å². The minimum absolute atomic E-state index is 0.532. The highest BCUT2D eigenvalue weighted by Gasteiger charge is 2.22. The smallest absolute Gasteiger partial charge is 0.160 e. The molecule has 1 aliphatic carbocycles. The zero-order valence-electron chi connectivity index (χ0n) is 13.0. The molecule has 0 radical (unpaired) electrons. The molecule has 0 saturated heterocycles. The second-order valence-corrected chi connectivity index (χ2v) is 6.31. The summed E-state index contributed by atoms with van der Waals surface area (Å²) in [5, 5.41) is 0. The maximum atomic E-state index is 4.89. The molecule has 3 aromatic rings. The molecule has 1 saturated carbocycles. The van der Waals surface area contributed by atoms with E-state index >= 15 is 0 Å². The summed E-state index contributed by atoms with van der Waals surface area (Å²) in [5.41, 5.74) is 4.50. The van der Waals surface area contributed by atoms with E-state index in [1.807, 2.05) is 12.3 Å². The third kappa shape index (κ3) is 2.31. The van der Waals surface area contributed by atoms with Gasteiger partial charge >= 0.3 is 0 Å². The van der Waals surface area contributed by atoms with E-state index in [9.17, 15) is 0 Å². The van der Waals surface area contributed by atoms with Gasteiger partial charge in [0, 0.05) is 17.8 Å². The fourth-order valence-electron chi connectivity index (χ4n) is 3.52. The molecule has 2 aromatic heterocycles. The average Bonchev–Trinajstić information content (AvgIpc) is 2.96. The summed E-state index contributed by atoms with van der Waals surface area (Å²) in [6.45, 7) is 2.12. The van der Waals surface area contributed by atoms with Crippen molar-refractivity contribution < 1.29 is 0 Å². The monoisotopic (exact) mass is 291 g/mol. The zero-order chi connectivity index (χ0) is 14.9. The SMILES string of the molecule is Cc1ccc(-c2nc3cccnc3n2C2CCCCC2)cc1. The molecule has 1 aliphatic rings. The molecule has 0 N–H and O–H groups in total. The van der Waals surface area contributed by atoms with Crippen molar-refractivity contribution in [2.75, 3.05) is 0 Å². The number of rotatable bonds is 2. The van der Waals surface area contributed by atoms with Crippen LogP contribution in [0.15, 0.2) is 42.6 Å². The fraction of sp³-hybridized carbons (Fsp3) is 0.368. The third-order valence-electron chi connectivity index (χ3n) is 4.70. The van der Waals surface area contributed by atoms with E-state index in [0.29, 0.717) is 6.04 Å². The van der Waals surface area contributed by atoms with Crippen molar-refractivity contribution in [3.05, 3.63) is 48.2 Å². The van der Waals surface area contributed by atoms with Crippen molar-refractivity contribution >= 4 is 11.2 Å². The van der Waals surface area contributed by atoms with Crippen molar-refractivity contribution in [3.63, 3.8) is 0 Å². The van der Waals surface area contributed by atoms with Gasteiger partial charge in [0.05, 0.1) is 0 Å². The summed E-state index contributed by atoms with van der Waals surface area (Å²) in [7, 11) is 0. The van der Waals surface area contributed by atoms with E-state index in [4.69, 9.17) is 4.98 Å². The highest BCUT2D eigenvalue weighted by Crippen LogP contribution is 2.35. The molecule has 2 heterocycles. The molecule has 3 nitrogen and oxygen atoms in total. The van der Waals surface area contributed by atoms with E-state index in [2.05, 4.69) is 46.8 Å². The van der Waals surface area contributed by atoms with Crippen LogP contribution in [0.5, 0.6) is 0 Å². The lowest BCUT2D eigenvalue weighted by Crippen LogP contribution is -2.14. The predicted molar refractivity (Wildman–Crippen MR) is 89.8 cm³/mol. The van der Waals surface area contributed by atoms with Crippen LogP contribution in [0.3, 0.4) is 0 Å². The number of benzene rings is 1. The molecule has 0 bridgehead atoms. The number of nitrogens with zero attached hydrogens (tertiary/aromatic N) is 3. The Kier molecular flexibility index (Phi) is 3.41. The highest BCUT2D eigenvalue weighted by atomic mass is 15.2. The van der Waals surface area contributed by atoms with Crippen LogP contribution < -0.4 is 0 Å². The fourth-order valence-corrected chi connectivity index (χ4v) is 3.52. The van der Waals surface area contributed by atoms with Gasteiger partial charge in [-0.3, -0.25) is 0 Å². The van der Waals surface area contributed by atoms with Gasteiger partial charge in [-0.25, -0.2) is 9.97 Å². The van der Waals surface area contributed by atoms with Crippen LogP contribution >= 0.6 is 0 Å². The van der Waals surface area contributed by atoms with Crippen LogP contribution in [0.2, 0.25) is 0 Å². The molecule has 1 aromatic carbocycles. The zero-order valence-corrected chi connectivity index (χ0v) is 13.0. The van der Waals surface area contributed by atoms with E-state index in [1.54, 1.807) is 0 Å². The van der Waals surface area contributed by atoms with Crippen molar-refractivity contribution in [1.82, 2.24) is 14.5 Å². The van der Waals surface area contributed by atoms with Crippen molar-refractivity contribution in [1.29, 1.82) is 0 Å². The van der Waals surface area contributed by atoms with Gasteiger partial charge in [-0.1, -0.05) is 49.1 Å². The molecule has 1 fully saturated rings. The Morgan fingerprint density at radius 2 is 1.77 bits per heavy atom. The largest absolute Gasteiger partial charge is 0.306 e. The molecule has 0 unspecified atom stereocenters. The van der Waals surface area contributed by atoms with E-state index in [1.165, 1.54) is 43.2 Å². The molecule has 3 heteroatoms. The second-order valence-electron chi connectivity index (χ2n) is 6.31. The van der Waals surface area contributed by atoms with Crippen LogP contribution in [0.1, 0.15) is 43.7 Å². The van der Waals surface area contributed by atoms with Crippen molar-refractivity contribution in [2.24, 2.45) is 0 Å². The molecule has 0 aliphatic heterocycles. The Labute approximate surface area is 131 Å². The first-order valence-corrected chi connectivity index (χ1v) is 8.23. The number of hydrogen-bond acceptors (Lipinski definition) is 2. The number of imidazole rings is 1. The highest BCUT2D eigenvalue weighted by molar-refractivity contribution is 5.77. The summed E-state index contributed by atoms with van der Waals surface area (Å²) in [4.78, 5) is 9.51. The van der Waals surface area contributed by atoms with Gasteiger partial charge in [-0.05, 0) is 31.9 Å². The van der Waals surface area contributed by atoms with Crippen molar-refractivity contribution in [3.8, 4) is 11.4 Å². The molecule has 22 heavy (non-hydrogen) atoms. The number of aryl methyl sites for hydroxylation is 1. The van der Waals surface area contributed by atoms with Crippen LogP contribution in [0.25, 0.3) is 22.6 Å². The first-order chi connectivity index (χ1) is 10.8. The summed E-state index contributed by atoms with van der Waals surface area (Å²) >= 11 is 0. The Bertz CT molecular complexity index is 780. The normalized spacial score (nSPS) is 16.2. The minimum atomic E-state index is 0.532. The predicted octanol–water partition coefficient (Wildman–Crippen LogP) is 4.91. The third-order valence-corrected chi connectivity index (χ3v) is 4.70. The van der Waals surface area contributed by atoms with E-state index in [-0.39, 0.29) is 0 Å². The van der Waals surface area contributed by atoms with E-state index < -0.39 is 0 Å². The van der Waals surface area contributed by atoms with Gasteiger partial charge in [0.15, 0.2) is 5.65 Å². The summed E-state index contributed by atoms with van der Waals surface area (Å²) in [6.07, 6.45) is 8.33. The molecule has 0 atom stereocenters. The lowest BCUT2D eigenvalue weighted by molar-refractivity contribution is 0.361. The topological polar surface area (TPSA) is 30.7 Å². The Hall–Kier alpha value is -2.16. The van der Waals surface area contributed by atoms with Gasteiger partial charge in [-0.15, -0.1) is 0 Å². The Morgan fingerprint density at radius 1 is 1.00 bits per heavy atom. The number of fused-ring (bicyclic) bond motifs is 1. The van der Waals surface area contributed by atoms with Crippen LogP contribution in [-0.4, -0.2) is 14.5 Å². The average molecular weight is 291 g/mol. The quantitative estimate of drug-likeness (QED) is 0.671. The minimum Gasteiger partial charge on any atom is -0.306 e. The first kappa shape index (κ1) is 13.5.